The van der Waals surface area contributed by atoms with Crippen LogP contribution in [0.2, 0.25) is 0 Å². The first-order valence-corrected chi connectivity index (χ1v) is 3.45. The lowest BCUT2D eigenvalue weighted by Crippen LogP contribution is -2.32. The minimum atomic E-state index is -0.163. The van der Waals surface area contributed by atoms with Gasteiger partial charge in [0.15, 0.2) is 0 Å². The van der Waals surface area contributed by atoms with Crippen LogP contribution in [0.5, 0.6) is 0 Å². The number of pyridine rings is 1. The van der Waals surface area contributed by atoms with E-state index in [0.29, 0.717) is 6.61 Å². The van der Waals surface area contributed by atoms with Crippen molar-refractivity contribution < 1.29 is 9.53 Å². The van der Waals surface area contributed by atoms with Gasteiger partial charge in [0.25, 0.3) is 0 Å². The Hall–Kier alpha value is -1.38. The Morgan fingerprint density at radius 2 is 2.45 bits per heavy atom. The summed E-state index contributed by atoms with van der Waals surface area (Å²) in [5.74, 6) is -0.278. The minimum Gasteiger partial charge on any atom is -0.464 e. The quantitative estimate of drug-likeness (QED) is 0.552. The standard InChI is InChI=1S/C8H7NO2/c10-8-6(5-11-8)7-3-1-2-4-9-7/h1-4,6H,5H2. The first-order chi connectivity index (χ1) is 5.38. The number of carbonyl (C=O) groups excluding carboxylic acids is 1. The molecule has 3 nitrogen and oxygen atoms in total. The van der Waals surface area contributed by atoms with E-state index in [0.717, 1.165) is 5.69 Å². The van der Waals surface area contributed by atoms with Crippen molar-refractivity contribution in [2.45, 2.75) is 5.92 Å². The van der Waals surface area contributed by atoms with Crippen LogP contribution in [0, 0.1) is 0 Å². The summed E-state index contributed by atoms with van der Waals surface area (Å²) in [7, 11) is 0. The van der Waals surface area contributed by atoms with Gasteiger partial charge in [-0.25, -0.2) is 0 Å². The number of esters is 1. The Kier molecular flexibility index (Phi) is 1.35. The Balaban J connectivity index is 2.23. The molecule has 0 saturated carbocycles. The van der Waals surface area contributed by atoms with Crippen molar-refractivity contribution in [1.82, 2.24) is 4.98 Å². The normalized spacial score (nSPS) is 22.2. The van der Waals surface area contributed by atoms with Crippen molar-refractivity contribution in [2.24, 2.45) is 0 Å². The van der Waals surface area contributed by atoms with E-state index >= 15 is 0 Å². The Bertz CT molecular complexity index is 271. The fraction of sp³-hybridized carbons (Fsp3) is 0.250. The third kappa shape index (κ3) is 0.981. The summed E-state index contributed by atoms with van der Waals surface area (Å²) in [6, 6.07) is 5.53. The van der Waals surface area contributed by atoms with Crippen molar-refractivity contribution in [3.63, 3.8) is 0 Å². The molecule has 1 atom stereocenters. The molecular weight excluding hydrogens is 142 g/mol. The molecule has 0 spiro atoms. The topological polar surface area (TPSA) is 39.2 Å². The van der Waals surface area contributed by atoms with Crippen molar-refractivity contribution in [2.75, 3.05) is 6.61 Å². The predicted octanol–water partition coefficient (Wildman–Crippen LogP) is 0.722. The van der Waals surface area contributed by atoms with Gasteiger partial charge < -0.3 is 4.74 Å². The average molecular weight is 149 g/mol. The summed E-state index contributed by atoms with van der Waals surface area (Å²) in [4.78, 5) is 14.8. The van der Waals surface area contributed by atoms with E-state index in [4.69, 9.17) is 0 Å². The van der Waals surface area contributed by atoms with Gasteiger partial charge in [0.2, 0.25) is 0 Å². The van der Waals surface area contributed by atoms with Crippen LogP contribution in [0.4, 0.5) is 0 Å². The Labute approximate surface area is 64.0 Å². The van der Waals surface area contributed by atoms with Gasteiger partial charge in [-0.3, -0.25) is 9.78 Å². The second-order valence-electron chi connectivity index (χ2n) is 2.44. The van der Waals surface area contributed by atoms with Crippen LogP contribution in [-0.4, -0.2) is 17.6 Å². The smallest absolute Gasteiger partial charge is 0.318 e. The van der Waals surface area contributed by atoms with E-state index in [2.05, 4.69) is 9.72 Å². The molecule has 1 fully saturated rings. The van der Waals surface area contributed by atoms with Gasteiger partial charge in [-0.05, 0) is 12.1 Å². The molecule has 1 aromatic heterocycles. The largest absolute Gasteiger partial charge is 0.464 e. The molecule has 1 aliphatic rings. The molecule has 0 N–H and O–H groups in total. The van der Waals surface area contributed by atoms with E-state index in [1.54, 1.807) is 6.20 Å². The first kappa shape index (κ1) is 6.34. The van der Waals surface area contributed by atoms with E-state index in [1.807, 2.05) is 18.2 Å². The van der Waals surface area contributed by atoms with E-state index < -0.39 is 0 Å². The van der Waals surface area contributed by atoms with Crippen LogP contribution in [0.15, 0.2) is 24.4 Å². The van der Waals surface area contributed by atoms with Crippen molar-refractivity contribution in [3.8, 4) is 0 Å². The SMILES string of the molecule is O=C1OCC1c1ccccn1. The minimum absolute atomic E-state index is 0.115. The highest BCUT2D eigenvalue weighted by atomic mass is 16.6. The van der Waals surface area contributed by atoms with Crippen LogP contribution in [0.1, 0.15) is 11.6 Å². The van der Waals surface area contributed by atoms with Crippen LogP contribution in [0.3, 0.4) is 0 Å². The fourth-order valence-electron chi connectivity index (χ4n) is 1.02. The molecule has 0 radical (unpaired) electrons. The monoisotopic (exact) mass is 149 g/mol. The summed E-state index contributed by atoms with van der Waals surface area (Å²) in [5, 5.41) is 0. The zero-order chi connectivity index (χ0) is 7.68. The number of nitrogens with zero attached hydrogens (tertiary/aromatic N) is 1. The molecule has 1 saturated heterocycles. The van der Waals surface area contributed by atoms with Gasteiger partial charge in [0.05, 0.1) is 5.69 Å². The highest BCUT2D eigenvalue weighted by Crippen LogP contribution is 2.22. The highest BCUT2D eigenvalue weighted by Gasteiger charge is 2.33. The van der Waals surface area contributed by atoms with Gasteiger partial charge in [-0.1, -0.05) is 6.07 Å². The maximum Gasteiger partial charge on any atom is 0.318 e. The number of rotatable bonds is 1. The van der Waals surface area contributed by atoms with Gasteiger partial charge in [-0.15, -0.1) is 0 Å². The summed E-state index contributed by atoms with van der Waals surface area (Å²) in [6.07, 6.45) is 1.68. The van der Waals surface area contributed by atoms with Crippen LogP contribution in [-0.2, 0) is 9.53 Å². The maximum atomic E-state index is 10.8. The lowest BCUT2D eigenvalue weighted by Gasteiger charge is -2.23. The molecule has 0 aliphatic carbocycles. The van der Waals surface area contributed by atoms with Crippen molar-refractivity contribution in [1.29, 1.82) is 0 Å². The fourth-order valence-corrected chi connectivity index (χ4v) is 1.02. The second-order valence-corrected chi connectivity index (χ2v) is 2.44. The molecule has 56 valence electrons. The number of cyclic esters (lactones) is 1. The van der Waals surface area contributed by atoms with Crippen LogP contribution >= 0.6 is 0 Å². The highest BCUT2D eigenvalue weighted by molar-refractivity contribution is 5.82. The number of hydrogen-bond acceptors (Lipinski definition) is 3. The van der Waals surface area contributed by atoms with E-state index in [-0.39, 0.29) is 11.9 Å². The Morgan fingerprint density at radius 3 is 2.91 bits per heavy atom. The lowest BCUT2D eigenvalue weighted by molar-refractivity contribution is -0.161. The maximum absolute atomic E-state index is 10.8. The lowest BCUT2D eigenvalue weighted by atomic mass is 10.0. The number of aromatic nitrogens is 1. The van der Waals surface area contributed by atoms with Gasteiger partial charge in [0, 0.05) is 6.20 Å². The average Bonchev–Trinajstić information content (AvgIpc) is 2.04. The molecule has 2 rings (SSSR count). The summed E-state index contributed by atoms with van der Waals surface area (Å²) >= 11 is 0. The summed E-state index contributed by atoms with van der Waals surface area (Å²) < 4.78 is 4.62. The molecule has 1 aliphatic heterocycles. The third-order valence-corrected chi connectivity index (χ3v) is 1.72. The molecule has 0 bridgehead atoms. The first-order valence-electron chi connectivity index (χ1n) is 3.45. The zero-order valence-electron chi connectivity index (χ0n) is 5.86. The van der Waals surface area contributed by atoms with Crippen molar-refractivity contribution in [3.05, 3.63) is 30.1 Å². The molecule has 1 unspecified atom stereocenters. The molecule has 1 aromatic rings. The van der Waals surface area contributed by atoms with Gasteiger partial charge in [0.1, 0.15) is 12.5 Å². The summed E-state index contributed by atoms with van der Waals surface area (Å²) in [5.41, 5.74) is 0.809. The molecule has 3 heteroatoms. The second kappa shape index (κ2) is 2.34. The molecule has 2 heterocycles. The number of carbonyl (C=O) groups is 1. The molecule has 11 heavy (non-hydrogen) atoms. The Morgan fingerprint density at radius 1 is 1.55 bits per heavy atom. The summed E-state index contributed by atoms with van der Waals surface area (Å²) in [6.45, 7) is 0.482. The van der Waals surface area contributed by atoms with Gasteiger partial charge >= 0.3 is 5.97 Å². The van der Waals surface area contributed by atoms with E-state index in [1.165, 1.54) is 0 Å². The zero-order valence-corrected chi connectivity index (χ0v) is 5.86. The molecule has 0 aromatic carbocycles. The van der Waals surface area contributed by atoms with Gasteiger partial charge in [-0.2, -0.15) is 0 Å². The molecule has 0 amide bonds. The van der Waals surface area contributed by atoms with Crippen molar-refractivity contribution >= 4 is 5.97 Å². The number of hydrogen-bond donors (Lipinski definition) is 0. The van der Waals surface area contributed by atoms with E-state index in [9.17, 15) is 4.79 Å². The van der Waals surface area contributed by atoms with Crippen LogP contribution in [0.25, 0.3) is 0 Å². The number of ether oxygens (including phenoxy) is 1. The molecular formula is C8H7NO2. The predicted molar refractivity (Wildman–Crippen MR) is 37.9 cm³/mol. The third-order valence-electron chi connectivity index (χ3n) is 1.72. The van der Waals surface area contributed by atoms with Crippen LogP contribution < -0.4 is 0 Å².